The molecule has 0 aliphatic rings. The molecule has 0 saturated carbocycles. The van der Waals surface area contributed by atoms with E-state index >= 15 is 0 Å². The van der Waals surface area contributed by atoms with E-state index in [1.54, 1.807) is 6.07 Å². The summed E-state index contributed by atoms with van der Waals surface area (Å²) in [5, 5.41) is 12.1. The zero-order chi connectivity index (χ0) is 24.7. The summed E-state index contributed by atoms with van der Waals surface area (Å²) in [5.41, 5.74) is 4.32. The minimum atomic E-state index is -0.586. The molecule has 3 rings (SSSR count). The quantitative estimate of drug-likeness (QED) is 0.189. The van der Waals surface area contributed by atoms with E-state index in [1.807, 2.05) is 32.9 Å². The van der Waals surface area contributed by atoms with Gasteiger partial charge in [-0.15, -0.1) is 0 Å². The van der Waals surface area contributed by atoms with Gasteiger partial charge < -0.3 is 14.8 Å². The molecule has 1 amide bonds. The number of amides is 1. The van der Waals surface area contributed by atoms with Crippen LogP contribution in [0.1, 0.15) is 29.2 Å². The standard InChI is InChI=1S/C27H24FIN2O3/c1-4-33-25-14-19(12-21(15-30)27(32)31-23-7-5-22(28)6-8-23)13-24(29)26(25)34-16-20-10-17(2)9-18(3)11-20/h5-14H,4,16H2,1-3H3,(H,31,32)/b21-12+. The van der Waals surface area contributed by atoms with Crippen LogP contribution in [-0.2, 0) is 11.4 Å². The van der Waals surface area contributed by atoms with Crippen molar-refractivity contribution in [2.24, 2.45) is 0 Å². The third-order valence-electron chi connectivity index (χ3n) is 4.77. The summed E-state index contributed by atoms with van der Waals surface area (Å²) in [5.74, 6) is 0.137. The maximum atomic E-state index is 13.1. The lowest BCUT2D eigenvalue weighted by Gasteiger charge is -2.15. The second-order valence-electron chi connectivity index (χ2n) is 7.68. The Labute approximate surface area is 212 Å². The van der Waals surface area contributed by atoms with E-state index < -0.39 is 11.7 Å². The van der Waals surface area contributed by atoms with E-state index in [0.717, 1.165) is 9.13 Å². The van der Waals surface area contributed by atoms with Crippen LogP contribution in [0.15, 0.2) is 60.2 Å². The molecule has 0 aliphatic heterocycles. The van der Waals surface area contributed by atoms with Crippen LogP contribution in [0.25, 0.3) is 6.08 Å². The molecule has 1 N–H and O–H groups in total. The molecule has 0 spiro atoms. The van der Waals surface area contributed by atoms with Gasteiger partial charge in [-0.3, -0.25) is 4.79 Å². The first-order valence-corrected chi connectivity index (χ1v) is 11.7. The second-order valence-corrected chi connectivity index (χ2v) is 8.84. The summed E-state index contributed by atoms with van der Waals surface area (Å²) in [6, 6.07) is 17.1. The Kier molecular flexibility index (Phi) is 8.66. The van der Waals surface area contributed by atoms with Crippen molar-refractivity contribution < 1.29 is 18.7 Å². The smallest absolute Gasteiger partial charge is 0.266 e. The van der Waals surface area contributed by atoms with Gasteiger partial charge in [0, 0.05) is 5.69 Å². The zero-order valence-electron chi connectivity index (χ0n) is 19.1. The molecular formula is C27H24FIN2O3. The summed E-state index contributed by atoms with van der Waals surface area (Å²) < 4.78 is 25.8. The molecule has 3 aromatic rings. The number of hydrogen-bond donors (Lipinski definition) is 1. The van der Waals surface area contributed by atoms with Crippen LogP contribution in [0.2, 0.25) is 0 Å². The number of rotatable bonds is 8. The number of ether oxygens (including phenoxy) is 2. The Balaban J connectivity index is 1.85. The van der Waals surface area contributed by atoms with Crippen molar-refractivity contribution in [1.82, 2.24) is 0 Å². The lowest BCUT2D eigenvalue weighted by molar-refractivity contribution is -0.112. The van der Waals surface area contributed by atoms with Gasteiger partial charge >= 0.3 is 0 Å². The molecule has 0 unspecified atom stereocenters. The number of anilines is 1. The number of nitrogens with one attached hydrogen (secondary N) is 1. The number of carbonyl (C=O) groups is 1. The van der Waals surface area contributed by atoms with Gasteiger partial charge in [0.1, 0.15) is 24.1 Å². The lowest BCUT2D eigenvalue weighted by atomic mass is 10.1. The maximum Gasteiger partial charge on any atom is 0.266 e. The zero-order valence-corrected chi connectivity index (χ0v) is 21.3. The van der Waals surface area contributed by atoms with Crippen LogP contribution in [-0.4, -0.2) is 12.5 Å². The normalized spacial score (nSPS) is 11.0. The van der Waals surface area contributed by atoms with Gasteiger partial charge in [-0.1, -0.05) is 29.3 Å². The fraction of sp³-hybridized carbons (Fsp3) is 0.185. The summed E-state index contributed by atoms with van der Waals surface area (Å²) in [6.07, 6.45) is 1.48. The SMILES string of the molecule is CCOc1cc(/C=C(\C#N)C(=O)Nc2ccc(F)cc2)cc(I)c1OCc1cc(C)cc(C)c1. The first-order chi connectivity index (χ1) is 16.3. The van der Waals surface area contributed by atoms with Crippen LogP contribution in [0.3, 0.4) is 0 Å². The molecular weight excluding hydrogens is 546 g/mol. The molecule has 0 radical (unpaired) electrons. The molecule has 34 heavy (non-hydrogen) atoms. The maximum absolute atomic E-state index is 13.1. The third kappa shape index (κ3) is 6.81. The first-order valence-electron chi connectivity index (χ1n) is 10.6. The van der Waals surface area contributed by atoms with Crippen molar-refractivity contribution in [3.05, 3.63) is 91.8 Å². The van der Waals surface area contributed by atoms with E-state index in [4.69, 9.17) is 9.47 Å². The Morgan fingerprint density at radius 2 is 1.76 bits per heavy atom. The summed E-state index contributed by atoms with van der Waals surface area (Å²) in [4.78, 5) is 12.6. The van der Waals surface area contributed by atoms with Crippen LogP contribution < -0.4 is 14.8 Å². The topological polar surface area (TPSA) is 71.3 Å². The van der Waals surface area contributed by atoms with Gasteiger partial charge in [-0.25, -0.2) is 4.39 Å². The van der Waals surface area contributed by atoms with E-state index in [2.05, 4.69) is 46.1 Å². The van der Waals surface area contributed by atoms with Crippen molar-refractivity contribution >= 4 is 40.3 Å². The molecule has 3 aromatic carbocycles. The van der Waals surface area contributed by atoms with Crippen molar-refractivity contribution in [3.8, 4) is 17.6 Å². The number of benzene rings is 3. The fourth-order valence-electron chi connectivity index (χ4n) is 3.43. The summed E-state index contributed by atoms with van der Waals surface area (Å²) in [6.45, 7) is 6.79. The van der Waals surface area contributed by atoms with Crippen LogP contribution in [0.5, 0.6) is 11.5 Å². The monoisotopic (exact) mass is 570 g/mol. The number of carbonyl (C=O) groups excluding carboxylic acids is 1. The molecule has 174 valence electrons. The lowest BCUT2D eigenvalue weighted by Crippen LogP contribution is -2.13. The van der Waals surface area contributed by atoms with Gasteiger partial charge in [0.05, 0.1) is 10.2 Å². The van der Waals surface area contributed by atoms with Gasteiger partial charge in [0.25, 0.3) is 5.91 Å². The van der Waals surface area contributed by atoms with E-state index in [1.165, 1.54) is 41.5 Å². The van der Waals surface area contributed by atoms with Crippen molar-refractivity contribution in [2.45, 2.75) is 27.4 Å². The average molecular weight is 570 g/mol. The first kappa shape index (κ1) is 25.2. The largest absolute Gasteiger partial charge is 0.490 e. The summed E-state index contributed by atoms with van der Waals surface area (Å²) >= 11 is 2.15. The molecule has 5 nitrogen and oxygen atoms in total. The average Bonchev–Trinajstić information content (AvgIpc) is 2.78. The Bertz CT molecular complexity index is 1240. The molecule has 0 atom stereocenters. The summed E-state index contributed by atoms with van der Waals surface area (Å²) in [7, 11) is 0. The van der Waals surface area contributed by atoms with Crippen molar-refractivity contribution in [1.29, 1.82) is 5.26 Å². The number of nitrogens with zero attached hydrogens (tertiary/aromatic N) is 1. The van der Waals surface area contributed by atoms with E-state index in [0.29, 0.717) is 36.0 Å². The van der Waals surface area contributed by atoms with Crippen molar-refractivity contribution in [2.75, 3.05) is 11.9 Å². The van der Waals surface area contributed by atoms with Crippen LogP contribution >= 0.6 is 22.6 Å². The van der Waals surface area contributed by atoms with Gasteiger partial charge in [0.2, 0.25) is 0 Å². The third-order valence-corrected chi connectivity index (χ3v) is 5.58. The van der Waals surface area contributed by atoms with Crippen LogP contribution in [0.4, 0.5) is 10.1 Å². The van der Waals surface area contributed by atoms with Gasteiger partial charge in [-0.2, -0.15) is 5.26 Å². The van der Waals surface area contributed by atoms with Gasteiger partial charge in [0.15, 0.2) is 11.5 Å². The highest BCUT2D eigenvalue weighted by Gasteiger charge is 2.15. The Hall–Kier alpha value is -3.38. The van der Waals surface area contributed by atoms with Gasteiger partial charge in [-0.05, 0) is 97.0 Å². The molecule has 0 fully saturated rings. The minimum Gasteiger partial charge on any atom is -0.490 e. The number of nitriles is 1. The fourth-order valence-corrected chi connectivity index (χ4v) is 4.21. The highest BCUT2D eigenvalue weighted by molar-refractivity contribution is 14.1. The Morgan fingerprint density at radius 1 is 1.09 bits per heavy atom. The predicted octanol–water partition coefficient (Wildman–Crippen LogP) is 6.57. The van der Waals surface area contributed by atoms with Crippen LogP contribution in [0, 0.1) is 34.6 Å². The number of hydrogen-bond acceptors (Lipinski definition) is 4. The van der Waals surface area contributed by atoms with E-state index in [-0.39, 0.29) is 5.57 Å². The predicted molar refractivity (Wildman–Crippen MR) is 139 cm³/mol. The molecule has 0 aromatic heterocycles. The minimum absolute atomic E-state index is 0.0912. The van der Waals surface area contributed by atoms with E-state index in [9.17, 15) is 14.4 Å². The molecule has 0 aliphatic carbocycles. The number of halogens is 2. The highest BCUT2D eigenvalue weighted by atomic mass is 127. The molecule has 0 saturated heterocycles. The number of aryl methyl sites for hydroxylation is 2. The molecule has 0 heterocycles. The van der Waals surface area contributed by atoms with Crippen molar-refractivity contribution in [3.63, 3.8) is 0 Å². The highest BCUT2D eigenvalue weighted by Crippen LogP contribution is 2.35. The Morgan fingerprint density at radius 3 is 2.38 bits per heavy atom. The molecule has 0 bridgehead atoms. The molecule has 7 heteroatoms. The second kappa shape index (κ2) is 11.7.